The van der Waals surface area contributed by atoms with E-state index in [1.54, 1.807) is 6.20 Å². The fourth-order valence-electron chi connectivity index (χ4n) is 5.20. The van der Waals surface area contributed by atoms with Crippen LogP contribution in [0.25, 0.3) is 10.9 Å². The molecule has 0 amide bonds. The smallest absolute Gasteiger partial charge is 0.389 e. The highest BCUT2D eigenvalue weighted by molar-refractivity contribution is 5.81. The Bertz CT molecular complexity index is 1240. The molecule has 0 unspecified atom stereocenters. The first-order valence-electron chi connectivity index (χ1n) is 11.7. The van der Waals surface area contributed by atoms with Crippen LogP contribution in [0.4, 0.5) is 24.9 Å². The molecule has 0 aliphatic carbocycles. The van der Waals surface area contributed by atoms with E-state index in [-0.39, 0.29) is 17.3 Å². The third-order valence-electron chi connectivity index (χ3n) is 7.42. The molecule has 2 fully saturated rings. The number of anilines is 2. The fraction of sp³-hybridized carbons (Fsp3) is 0.542. The zero-order chi connectivity index (χ0) is 25.0. The number of likely N-dealkylation sites (tertiary alicyclic amines) is 1. The quantitative estimate of drug-likeness (QED) is 0.576. The molecule has 11 heteroatoms. The second-order valence-electron chi connectivity index (χ2n) is 9.77. The van der Waals surface area contributed by atoms with Crippen LogP contribution in [-0.4, -0.2) is 67.7 Å². The molecule has 2 aliphatic rings. The molecule has 0 bridgehead atoms. The lowest BCUT2D eigenvalue weighted by Gasteiger charge is -2.43. The number of piperidine rings is 1. The van der Waals surface area contributed by atoms with Gasteiger partial charge in [0, 0.05) is 24.7 Å². The number of nitrogens with zero attached hydrogens (tertiary/aromatic N) is 5. The number of aryl methyl sites for hydroxylation is 2. The predicted octanol–water partition coefficient (Wildman–Crippen LogP) is 3.76. The first-order chi connectivity index (χ1) is 16.5. The van der Waals surface area contributed by atoms with Crippen LogP contribution >= 0.6 is 0 Å². The summed E-state index contributed by atoms with van der Waals surface area (Å²) in [5.74, 6) is 0.724. The molecule has 0 saturated carbocycles. The standard InChI is InChI=1S/C24H29F3N6O2/c1-14-8-16-11-28-22(30-21-10-19(24(25,26)27)31-32(21)3)29-18(16)9-17(14)15-4-6-33(7-5-15)23(2)13-35-12-20(23)34/h8-11,15,20,34H,4-7,12-13H2,1-3H3,(H,28,29,30)/t20-,23+/m1/s1. The average Bonchev–Trinajstić information content (AvgIpc) is 3.36. The molecule has 0 spiro atoms. The molecule has 2 N–H and O–H groups in total. The number of aromatic nitrogens is 4. The van der Waals surface area contributed by atoms with E-state index in [4.69, 9.17) is 4.74 Å². The van der Waals surface area contributed by atoms with Gasteiger partial charge in [0.25, 0.3) is 0 Å². The van der Waals surface area contributed by atoms with Crippen molar-refractivity contribution >= 4 is 22.7 Å². The van der Waals surface area contributed by atoms with E-state index in [0.717, 1.165) is 53.1 Å². The van der Waals surface area contributed by atoms with Gasteiger partial charge in [-0.3, -0.25) is 9.58 Å². The fourth-order valence-corrected chi connectivity index (χ4v) is 5.20. The summed E-state index contributed by atoms with van der Waals surface area (Å²) in [6, 6.07) is 5.06. The number of fused-ring (bicyclic) bond motifs is 1. The maximum absolute atomic E-state index is 13.0. The summed E-state index contributed by atoms with van der Waals surface area (Å²) in [4.78, 5) is 11.2. The Hall–Kier alpha value is -2.76. The van der Waals surface area contributed by atoms with Gasteiger partial charge in [-0.15, -0.1) is 0 Å². The summed E-state index contributed by atoms with van der Waals surface area (Å²) >= 11 is 0. The zero-order valence-corrected chi connectivity index (χ0v) is 19.9. The Morgan fingerprint density at radius 2 is 1.94 bits per heavy atom. The molecular formula is C24H29F3N6O2. The summed E-state index contributed by atoms with van der Waals surface area (Å²) in [6.45, 7) is 6.82. The number of rotatable bonds is 4. The summed E-state index contributed by atoms with van der Waals surface area (Å²) in [6.07, 6.45) is -1.41. The molecule has 1 aromatic carbocycles. The highest BCUT2D eigenvalue weighted by atomic mass is 19.4. The third-order valence-corrected chi connectivity index (χ3v) is 7.42. The molecule has 2 aliphatic heterocycles. The van der Waals surface area contributed by atoms with E-state index in [1.165, 1.54) is 12.6 Å². The van der Waals surface area contributed by atoms with Crippen LogP contribution in [0.3, 0.4) is 0 Å². The molecule has 8 nitrogen and oxygen atoms in total. The van der Waals surface area contributed by atoms with Crippen molar-refractivity contribution in [3.63, 3.8) is 0 Å². The van der Waals surface area contributed by atoms with Gasteiger partial charge in [0.15, 0.2) is 5.69 Å². The van der Waals surface area contributed by atoms with Gasteiger partial charge in [-0.25, -0.2) is 9.97 Å². The third kappa shape index (κ3) is 4.48. The van der Waals surface area contributed by atoms with Crippen molar-refractivity contribution in [2.24, 2.45) is 7.05 Å². The number of ether oxygens (including phenoxy) is 1. The second-order valence-corrected chi connectivity index (χ2v) is 9.77. The Morgan fingerprint density at radius 3 is 2.57 bits per heavy atom. The van der Waals surface area contributed by atoms with E-state index in [2.05, 4.69) is 51.3 Å². The summed E-state index contributed by atoms with van der Waals surface area (Å²) in [5.41, 5.74) is 1.80. The van der Waals surface area contributed by atoms with Gasteiger partial charge in [0.05, 0.1) is 30.4 Å². The highest BCUT2D eigenvalue weighted by Gasteiger charge is 2.45. The maximum Gasteiger partial charge on any atom is 0.435 e. The minimum Gasteiger partial charge on any atom is -0.389 e. The van der Waals surface area contributed by atoms with Crippen molar-refractivity contribution in [1.29, 1.82) is 0 Å². The summed E-state index contributed by atoms with van der Waals surface area (Å²) in [5, 5.41) is 17.6. The van der Waals surface area contributed by atoms with Crippen LogP contribution in [0.15, 0.2) is 24.4 Å². The number of hydrogen-bond donors (Lipinski definition) is 2. The minimum absolute atomic E-state index is 0.156. The lowest BCUT2D eigenvalue weighted by molar-refractivity contribution is -0.141. The number of benzene rings is 1. The SMILES string of the molecule is Cc1cc2cnc(Nc3cc(C(F)(F)F)nn3C)nc2cc1C1CCN([C@@]2(C)COC[C@H]2O)CC1. The Balaban J connectivity index is 1.35. The van der Waals surface area contributed by atoms with Gasteiger partial charge in [-0.2, -0.15) is 18.3 Å². The molecule has 5 rings (SSSR count). The number of alkyl halides is 3. The molecule has 188 valence electrons. The van der Waals surface area contributed by atoms with Gasteiger partial charge >= 0.3 is 6.18 Å². The first kappa shape index (κ1) is 24.0. The first-order valence-corrected chi connectivity index (χ1v) is 11.7. The lowest BCUT2D eigenvalue weighted by Crippen LogP contribution is -2.56. The molecule has 4 heterocycles. The Labute approximate surface area is 201 Å². The molecule has 2 saturated heterocycles. The van der Waals surface area contributed by atoms with Gasteiger partial charge in [0.1, 0.15) is 5.82 Å². The van der Waals surface area contributed by atoms with Crippen molar-refractivity contribution in [1.82, 2.24) is 24.6 Å². The number of hydrogen-bond acceptors (Lipinski definition) is 7. The summed E-state index contributed by atoms with van der Waals surface area (Å²) < 4.78 is 45.6. The van der Waals surface area contributed by atoms with Crippen molar-refractivity contribution in [2.75, 3.05) is 31.6 Å². The van der Waals surface area contributed by atoms with Crippen molar-refractivity contribution < 1.29 is 23.0 Å². The molecule has 0 radical (unpaired) electrons. The van der Waals surface area contributed by atoms with Crippen LogP contribution in [-0.2, 0) is 18.0 Å². The zero-order valence-electron chi connectivity index (χ0n) is 19.9. The highest BCUT2D eigenvalue weighted by Crippen LogP contribution is 2.37. The number of aliphatic hydroxyl groups is 1. The van der Waals surface area contributed by atoms with E-state index in [1.807, 2.05) is 0 Å². The van der Waals surface area contributed by atoms with Crippen LogP contribution in [0, 0.1) is 6.92 Å². The Kier molecular flexibility index (Phi) is 5.97. The van der Waals surface area contributed by atoms with E-state index in [9.17, 15) is 18.3 Å². The van der Waals surface area contributed by atoms with Crippen molar-refractivity contribution in [3.8, 4) is 0 Å². The van der Waals surface area contributed by atoms with E-state index < -0.39 is 18.0 Å². The molecule has 2 aromatic heterocycles. The van der Waals surface area contributed by atoms with Gasteiger partial charge < -0.3 is 15.2 Å². The van der Waals surface area contributed by atoms with Crippen LogP contribution < -0.4 is 5.32 Å². The van der Waals surface area contributed by atoms with Crippen molar-refractivity contribution in [3.05, 3.63) is 41.2 Å². The molecule has 2 atom stereocenters. The van der Waals surface area contributed by atoms with Crippen LogP contribution in [0.1, 0.15) is 42.5 Å². The summed E-state index contributed by atoms with van der Waals surface area (Å²) in [7, 11) is 1.43. The van der Waals surface area contributed by atoms with Crippen molar-refractivity contribution in [2.45, 2.75) is 50.4 Å². The van der Waals surface area contributed by atoms with E-state index >= 15 is 0 Å². The van der Waals surface area contributed by atoms with E-state index in [0.29, 0.717) is 19.1 Å². The number of aliphatic hydroxyl groups excluding tert-OH is 1. The van der Waals surface area contributed by atoms with Crippen LogP contribution in [0.5, 0.6) is 0 Å². The van der Waals surface area contributed by atoms with Gasteiger partial charge in [-0.05, 0) is 69.0 Å². The number of nitrogens with one attached hydrogen (secondary N) is 1. The second kappa shape index (κ2) is 8.72. The largest absolute Gasteiger partial charge is 0.435 e. The minimum atomic E-state index is -4.52. The van der Waals surface area contributed by atoms with Gasteiger partial charge in [0.2, 0.25) is 5.95 Å². The monoisotopic (exact) mass is 490 g/mol. The molecule has 35 heavy (non-hydrogen) atoms. The average molecular weight is 491 g/mol. The van der Waals surface area contributed by atoms with Gasteiger partial charge in [-0.1, -0.05) is 0 Å². The molecule has 3 aromatic rings. The topological polar surface area (TPSA) is 88.3 Å². The normalized spacial score (nSPS) is 24.4. The predicted molar refractivity (Wildman–Crippen MR) is 125 cm³/mol. The Morgan fingerprint density at radius 1 is 1.20 bits per heavy atom. The molecular weight excluding hydrogens is 461 g/mol. The number of halogens is 3. The lowest BCUT2D eigenvalue weighted by atomic mass is 9.84. The maximum atomic E-state index is 13.0. The van der Waals surface area contributed by atoms with Crippen LogP contribution in [0.2, 0.25) is 0 Å².